The first kappa shape index (κ1) is 20.5. The fourth-order valence-corrected chi connectivity index (χ4v) is 5.36. The van der Waals surface area contributed by atoms with Crippen LogP contribution in [0.3, 0.4) is 0 Å². The molecule has 2 aromatic heterocycles. The third-order valence-electron chi connectivity index (χ3n) is 7.09. The molecule has 1 saturated heterocycles. The number of hydrogen-bond donors (Lipinski definition) is 1. The van der Waals surface area contributed by atoms with Crippen LogP contribution in [0.5, 0.6) is 11.5 Å². The van der Waals surface area contributed by atoms with Gasteiger partial charge in [0.05, 0.1) is 6.54 Å². The van der Waals surface area contributed by atoms with Crippen molar-refractivity contribution in [3.05, 3.63) is 48.4 Å². The Morgan fingerprint density at radius 2 is 1.85 bits per heavy atom. The predicted molar refractivity (Wildman–Crippen MR) is 124 cm³/mol. The van der Waals surface area contributed by atoms with E-state index < -0.39 is 5.79 Å². The van der Waals surface area contributed by atoms with Crippen molar-refractivity contribution in [3.63, 3.8) is 0 Å². The van der Waals surface area contributed by atoms with Gasteiger partial charge in [-0.25, -0.2) is 0 Å². The van der Waals surface area contributed by atoms with Crippen LogP contribution in [0, 0.1) is 0 Å². The van der Waals surface area contributed by atoms with Gasteiger partial charge in [-0.2, -0.15) is 0 Å². The minimum Gasteiger partial charge on any atom is -0.448 e. The van der Waals surface area contributed by atoms with Crippen molar-refractivity contribution in [1.29, 1.82) is 0 Å². The molecule has 33 heavy (non-hydrogen) atoms. The van der Waals surface area contributed by atoms with E-state index in [9.17, 15) is 4.79 Å². The number of nitrogens with one attached hydrogen (secondary N) is 1. The lowest BCUT2D eigenvalue weighted by Crippen LogP contribution is -2.40. The monoisotopic (exact) mass is 447 g/mol. The fraction of sp³-hybridized carbons (Fsp3) is 0.480. The smallest absolute Gasteiger partial charge is 0.251 e. The van der Waals surface area contributed by atoms with Crippen molar-refractivity contribution in [1.82, 2.24) is 19.5 Å². The van der Waals surface area contributed by atoms with Crippen LogP contribution in [0.25, 0.3) is 5.65 Å². The summed E-state index contributed by atoms with van der Waals surface area (Å²) in [7, 11) is 0. The van der Waals surface area contributed by atoms with Gasteiger partial charge in [0.2, 0.25) is 5.91 Å². The Kier molecular flexibility index (Phi) is 5.17. The van der Waals surface area contributed by atoms with Crippen LogP contribution in [0.2, 0.25) is 0 Å². The number of carbonyl (C=O) groups excluding carboxylic acids is 1. The third-order valence-corrected chi connectivity index (χ3v) is 7.09. The first-order valence-electron chi connectivity index (χ1n) is 12.0. The molecule has 1 N–H and O–H groups in total. The Hall–Kier alpha value is -3.13. The summed E-state index contributed by atoms with van der Waals surface area (Å²) < 4.78 is 14.4. The second-order valence-electron chi connectivity index (χ2n) is 9.42. The van der Waals surface area contributed by atoms with Gasteiger partial charge in [0.25, 0.3) is 5.79 Å². The molecule has 2 aliphatic heterocycles. The van der Waals surface area contributed by atoms with Crippen molar-refractivity contribution >= 4 is 17.2 Å². The van der Waals surface area contributed by atoms with E-state index in [4.69, 9.17) is 9.47 Å². The Bertz CT molecular complexity index is 1160. The number of piperidine rings is 1. The maximum Gasteiger partial charge on any atom is 0.251 e. The molecule has 6 rings (SSSR count). The Labute approximate surface area is 192 Å². The molecule has 1 aliphatic carbocycles. The lowest BCUT2D eigenvalue weighted by molar-refractivity contribution is -0.117. The molecule has 1 aromatic carbocycles. The zero-order valence-electron chi connectivity index (χ0n) is 18.7. The van der Waals surface area contributed by atoms with Crippen LogP contribution < -0.4 is 14.8 Å². The number of fused-ring (bicyclic) bond motifs is 2. The third kappa shape index (κ3) is 4.04. The molecule has 3 aliphatic rings. The number of carbonyl (C=O) groups is 1. The zero-order chi connectivity index (χ0) is 22.3. The number of benzene rings is 1. The highest BCUT2D eigenvalue weighted by atomic mass is 16.7. The number of rotatable bonds is 4. The van der Waals surface area contributed by atoms with Gasteiger partial charge >= 0.3 is 0 Å². The van der Waals surface area contributed by atoms with E-state index in [1.807, 2.05) is 42.6 Å². The lowest BCUT2D eigenvalue weighted by Gasteiger charge is -2.31. The average molecular weight is 448 g/mol. The Morgan fingerprint density at radius 3 is 2.70 bits per heavy atom. The summed E-state index contributed by atoms with van der Waals surface area (Å²) in [6, 6.07) is 11.6. The quantitative estimate of drug-likeness (QED) is 0.652. The standard InChI is InChI=1S/C25H29N5O3/c31-23(26-19-7-8-20-21(16-19)33-25(32-20)11-3-1-4-12-25)17-29-14-9-18(10-15-29)24-28-27-22-6-2-5-13-30(22)24/h2,5-8,13,16,18H,1,3-4,9-12,14-15,17H2,(H,26,31). The van der Waals surface area contributed by atoms with Crippen LogP contribution in [0.4, 0.5) is 5.69 Å². The first-order chi connectivity index (χ1) is 16.2. The SMILES string of the molecule is O=C(CN1CCC(c2nnc3ccccn23)CC1)Nc1ccc2c(c1)OC1(CCCCC1)O2. The van der Waals surface area contributed by atoms with Crippen molar-refractivity contribution in [2.75, 3.05) is 25.0 Å². The number of amides is 1. The zero-order valence-corrected chi connectivity index (χ0v) is 18.7. The van der Waals surface area contributed by atoms with E-state index in [0.717, 1.165) is 80.3 Å². The topological polar surface area (TPSA) is 81.0 Å². The number of pyridine rings is 1. The highest BCUT2D eigenvalue weighted by molar-refractivity contribution is 5.92. The minimum absolute atomic E-state index is 0.00683. The van der Waals surface area contributed by atoms with Gasteiger partial charge in [0.1, 0.15) is 5.82 Å². The summed E-state index contributed by atoms with van der Waals surface area (Å²) >= 11 is 0. The van der Waals surface area contributed by atoms with Crippen LogP contribution >= 0.6 is 0 Å². The molecule has 1 amide bonds. The molecular formula is C25H29N5O3. The van der Waals surface area contributed by atoms with E-state index in [1.54, 1.807) is 0 Å². The molecule has 1 spiro atoms. The van der Waals surface area contributed by atoms with Gasteiger partial charge in [-0.1, -0.05) is 12.5 Å². The Balaban J connectivity index is 1.03. The maximum atomic E-state index is 12.7. The molecule has 0 radical (unpaired) electrons. The van der Waals surface area contributed by atoms with Crippen molar-refractivity contribution in [2.24, 2.45) is 0 Å². The van der Waals surface area contributed by atoms with Crippen LogP contribution in [0.15, 0.2) is 42.6 Å². The number of aromatic nitrogens is 3. The van der Waals surface area contributed by atoms with E-state index in [-0.39, 0.29) is 5.91 Å². The average Bonchev–Trinajstić information content (AvgIpc) is 3.41. The van der Waals surface area contributed by atoms with Gasteiger partial charge in [-0.3, -0.25) is 14.1 Å². The molecule has 4 heterocycles. The lowest BCUT2D eigenvalue weighted by atomic mass is 9.94. The summed E-state index contributed by atoms with van der Waals surface area (Å²) in [6.07, 6.45) is 9.28. The predicted octanol–water partition coefficient (Wildman–Crippen LogP) is 3.98. The van der Waals surface area contributed by atoms with Crippen molar-refractivity contribution < 1.29 is 14.3 Å². The second kappa shape index (κ2) is 8.33. The summed E-state index contributed by atoms with van der Waals surface area (Å²) in [5.41, 5.74) is 1.63. The van der Waals surface area contributed by atoms with Gasteiger partial charge < -0.3 is 14.8 Å². The maximum absolute atomic E-state index is 12.7. The number of nitrogens with zero attached hydrogens (tertiary/aromatic N) is 4. The van der Waals surface area contributed by atoms with Gasteiger partial charge in [-0.15, -0.1) is 10.2 Å². The summed E-state index contributed by atoms with van der Waals surface area (Å²) in [5.74, 6) is 2.39. The molecule has 0 atom stereocenters. The van der Waals surface area contributed by atoms with E-state index in [2.05, 4.69) is 24.8 Å². The van der Waals surface area contributed by atoms with E-state index in [0.29, 0.717) is 12.5 Å². The molecule has 8 nitrogen and oxygen atoms in total. The largest absolute Gasteiger partial charge is 0.448 e. The molecule has 3 aromatic rings. The molecule has 0 unspecified atom stereocenters. The molecule has 8 heteroatoms. The highest BCUT2D eigenvalue weighted by Crippen LogP contribution is 2.46. The van der Waals surface area contributed by atoms with Crippen LogP contribution in [0.1, 0.15) is 56.7 Å². The normalized spacial score (nSPS) is 20.4. The fourth-order valence-electron chi connectivity index (χ4n) is 5.36. The molecular weight excluding hydrogens is 418 g/mol. The minimum atomic E-state index is -0.497. The van der Waals surface area contributed by atoms with E-state index in [1.165, 1.54) is 6.42 Å². The van der Waals surface area contributed by atoms with Crippen molar-refractivity contribution in [2.45, 2.75) is 56.7 Å². The Morgan fingerprint density at radius 1 is 1.03 bits per heavy atom. The number of hydrogen-bond acceptors (Lipinski definition) is 6. The summed E-state index contributed by atoms with van der Waals surface area (Å²) in [4.78, 5) is 14.9. The molecule has 2 fully saturated rings. The molecule has 0 bridgehead atoms. The summed E-state index contributed by atoms with van der Waals surface area (Å²) in [6.45, 7) is 2.11. The second-order valence-corrected chi connectivity index (χ2v) is 9.42. The van der Waals surface area contributed by atoms with Gasteiger partial charge in [0.15, 0.2) is 17.1 Å². The number of anilines is 1. The van der Waals surface area contributed by atoms with E-state index >= 15 is 0 Å². The molecule has 1 saturated carbocycles. The van der Waals surface area contributed by atoms with Gasteiger partial charge in [-0.05, 0) is 63.0 Å². The first-order valence-corrected chi connectivity index (χ1v) is 12.0. The highest BCUT2D eigenvalue weighted by Gasteiger charge is 2.42. The number of likely N-dealkylation sites (tertiary alicyclic amines) is 1. The number of ether oxygens (including phenoxy) is 2. The van der Waals surface area contributed by atoms with Crippen molar-refractivity contribution in [3.8, 4) is 11.5 Å². The summed E-state index contributed by atoms with van der Waals surface area (Å²) in [5, 5.41) is 11.7. The van der Waals surface area contributed by atoms with Crippen LogP contribution in [-0.2, 0) is 4.79 Å². The van der Waals surface area contributed by atoms with Gasteiger partial charge in [0, 0.05) is 36.7 Å². The van der Waals surface area contributed by atoms with Crippen LogP contribution in [-0.4, -0.2) is 50.8 Å². The molecule has 172 valence electrons.